The quantitative estimate of drug-likeness (QED) is 0.687. The first-order valence-electron chi connectivity index (χ1n) is 5.71. The van der Waals surface area contributed by atoms with E-state index in [-0.39, 0.29) is 11.9 Å². The molecule has 0 aromatic rings. The van der Waals surface area contributed by atoms with E-state index in [0.29, 0.717) is 6.42 Å². The van der Waals surface area contributed by atoms with Crippen LogP contribution < -0.4 is 10.0 Å². The highest BCUT2D eigenvalue weighted by atomic mass is 32.2. The molecule has 0 aromatic carbocycles. The molecule has 0 fully saturated rings. The molecule has 2 N–H and O–H groups in total. The van der Waals surface area contributed by atoms with Gasteiger partial charge in [0.15, 0.2) is 0 Å². The van der Waals surface area contributed by atoms with Crippen molar-refractivity contribution in [3.8, 4) is 0 Å². The zero-order valence-electron chi connectivity index (χ0n) is 11.4. The summed E-state index contributed by atoms with van der Waals surface area (Å²) in [7, 11) is -3.47. The van der Waals surface area contributed by atoms with E-state index in [2.05, 4.69) is 16.6 Å². The average molecular weight is 274 g/mol. The fourth-order valence-electron chi connectivity index (χ4n) is 1.26. The van der Waals surface area contributed by atoms with Crippen LogP contribution in [0.25, 0.3) is 0 Å². The van der Waals surface area contributed by atoms with Crippen LogP contribution in [0.4, 0.5) is 0 Å². The molecular formula is C12H22N2O3S. The van der Waals surface area contributed by atoms with E-state index in [1.54, 1.807) is 19.9 Å². The Labute approximate surface area is 109 Å². The van der Waals surface area contributed by atoms with Crippen LogP contribution in [-0.4, -0.2) is 25.9 Å². The van der Waals surface area contributed by atoms with E-state index in [9.17, 15) is 13.2 Å². The van der Waals surface area contributed by atoms with Gasteiger partial charge in [-0.15, -0.1) is 0 Å². The van der Waals surface area contributed by atoms with E-state index in [1.165, 1.54) is 6.08 Å². The smallest absolute Gasteiger partial charge is 0.243 e. The van der Waals surface area contributed by atoms with Crippen molar-refractivity contribution in [2.45, 2.75) is 45.7 Å². The van der Waals surface area contributed by atoms with Crippen molar-refractivity contribution in [1.82, 2.24) is 10.0 Å². The summed E-state index contributed by atoms with van der Waals surface area (Å²) >= 11 is 0. The van der Waals surface area contributed by atoms with Crippen LogP contribution in [0.3, 0.4) is 0 Å². The van der Waals surface area contributed by atoms with Crippen LogP contribution >= 0.6 is 0 Å². The summed E-state index contributed by atoms with van der Waals surface area (Å²) in [6.07, 6.45) is 3.46. The van der Waals surface area contributed by atoms with Gasteiger partial charge in [0.05, 0.1) is 0 Å². The topological polar surface area (TPSA) is 75.3 Å². The Kier molecular flexibility index (Phi) is 6.28. The molecule has 0 aliphatic carbocycles. The lowest BCUT2D eigenvalue weighted by atomic mass is 10.0. The molecular weight excluding hydrogens is 252 g/mol. The van der Waals surface area contributed by atoms with Crippen LogP contribution in [0.5, 0.6) is 0 Å². The number of nitrogens with one attached hydrogen (secondary N) is 2. The lowest BCUT2D eigenvalue weighted by Gasteiger charge is -2.23. The SMILES string of the molecule is C=CS(=O)(=O)NC(C)(C)C/C=C\C(=O)NC(C)C. The normalized spacial score (nSPS) is 12.9. The van der Waals surface area contributed by atoms with Crippen LogP contribution in [0.1, 0.15) is 34.1 Å². The van der Waals surface area contributed by atoms with Gasteiger partial charge in [0.25, 0.3) is 0 Å². The molecule has 0 atom stereocenters. The monoisotopic (exact) mass is 274 g/mol. The second-order valence-corrected chi connectivity index (χ2v) is 6.59. The summed E-state index contributed by atoms with van der Waals surface area (Å²) in [6, 6.07) is 0.0782. The first-order valence-corrected chi connectivity index (χ1v) is 7.26. The maximum atomic E-state index is 11.3. The molecule has 1 amide bonds. The molecule has 0 aromatic heterocycles. The Morgan fingerprint density at radius 1 is 1.39 bits per heavy atom. The van der Waals surface area contributed by atoms with Crippen LogP contribution in [0, 0.1) is 0 Å². The molecule has 0 spiro atoms. The average Bonchev–Trinajstić information content (AvgIpc) is 2.14. The number of hydrogen-bond acceptors (Lipinski definition) is 3. The van der Waals surface area contributed by atoms with Gasteiger partial charge in [0.1, 0.15) is 0 Å². The maximum absolute atomic E-state index is 11.3. The van der Waals surface area contributed by atoms with Crippen molar-refractivity contribution in [3.05, 3.63) is 24.1 Å². The highest BCUT2D eigenvalue weighted by Gasteiger charge is 2.21. The molecule has 0 aliphatic heterocycles. The summed E-state index contributed by atoms with van der Waals surface area (Å²) in [6.45, 7) is 10.4. The Balaban J connectivity index is 4.39. The molecule has 0 bridgehead atoms. The highest BCUT2D eigenvalue weighted by Crippen LogP contribution is 2.11. The van der Waals surface area contributed by atoms with Gasteiger partial charge in [0.2, 0.25) is 15.9 Å². The predicted molar refractivity (Wildman–Crippen MR) is 73.4 cm³/mol. The highest BCUT2D eigenvalue weighted by molar-refractivity contribution is 7.92. The predicted octanol–water partition coefficient (Wildman–Crippen LogP) is 1.30. The molecule has 5 nitrogen and oxygen atoms in total. The third-order valence-electron chi connectivity index (χ3n) is 1.97. The lowest BCUT2D eigenvalue weighted by molar-refractivity contribution is -0.116. The summed E-state index contributed by atoms with van der Waals surface area (Å²) in [5.74, 6) is -0.188. The van der Waals surface area contributed by atoms with Crippen molar-refractivity contribution in [1.29, 1.82) is 0 Å². The number of rotatable bonds is 7. The molecule has 0 unspecified atom stereocenters. The van der Waals surface area contributed by atoms with Crippen LogP contribution in [0.2, 0.25) is 0 Å². The molecule has 0 radical (unpaired) electrons. The fraction of sp³-hybridized carbons (Fsp3) is 0.583. The Morgan fingerprint density at radius 2 is 1.94 bits per heavy atom. The van der Waals surface area contributed by atoms with Crippen molar-refractivity contribution in [2.75, 3.05) is 0 Å². The second kappa shape index (κ2) is 6.70. The number of carbonyl (C=O) groups excluding carboxylic acids is 1. The summed E-state index contributed by atoms with van der Waals surface area (Å²) in [4.78, 5) is 11.3. The molecule has 0 heterocycles. The molecule has 0 saturated carbocycles. The van der Waals surface area contributed by atoms with Crippen LogP contribution in [-0.2, 0) is 14.8 Å². The van der Waals surface area contributed by atoms with Gasteiger partial charge in [-0.05, 0) is 40.2 Å². The van der Waals surface area contributed by atoms with E-state index >= 15 is 0 Å². The van der Waals surface area contributed by atoms with Gasteiger partial charge in [-0.3, -0.25) is 4.79 Å². The zero-order chi connectivity index (χ0) is 14.4. The Hall–Kier alpha value is -1.14. The number of hydrogen-bond donors (Lipinski definition) is 2. The molecule has 0 saturated heterocycles. The minimum atomic E-state index is -3.47. The van der Waals surface area contributed by atoms with E-state index in [0.717, 1.165) is 5.41 Å². The number of carbonyl (C=O) groups is 1. The minimum Gasteiger partial charge on any atom is -0.350 e. The van der Waals surface area contributed by atoms with Crippen LogP contribution in [0.15, 0.2) is 24.1 Å². The Morgan fingerprint density at radius 3 is 2.39 bits per heavy atom. The van der Waals surface area contributed by atoms with Gasteiger partial charge >= 0.3 is 0 Å². The molecule has 6 heteroatoms. The molecule has 0 aliphatic rings. The lowest BCUT2D eigenvalue weighted by Crippen LogP contribution is -2.41. The summed E-state index contributed by atoms with van der Waals surface area (Å²) < 4.78 is 25.1. The van der Waals surface area contributed by atoms with Gasteiger partial charge in [-0.25, -0.2) is 13.1 Å². The fourth-order valence-corrected chi connectivity index (χ4v) is 2.20. The second-order valence-electron chi connectivity index (χ2n) is 4.97. The number of amides is 1. The van der Waals surface area contributed by atoms with Crippen molar-refractivity contribution >= 4 is 15.9 Å². The Bertz CT molecular complexity index is 423. The maximum Gasteiger partial charge on any atom is 0.243 e. The largest absolute Gasteiger partial charge is 0.350 e. The minimum absolute atomic E-state index is 0.0782. The summed E-state index contributed by atoms with van der Waals surface area (Å²) in [5.41, 5.74) is -0.665. The van der Waals surface area contributed by atoms with E-state index < -0.39 is 15.6 Å². The standard InChI is InChI=1S/C12H22N2O3S/c1-6-18(16,17)14-12(4,5)9-7-8-11(15)13-10(2)3/h6-8,10,14H,1,9H2,2-5H3,(H,13,15)/b8-7-. The third kappa shape index (κ3) is 8.03. The zero-order valence-corrected chi connectivity index (χ0v) is 12.2. The molecule has 104 valence electrons. The third-order valence-corrected chi connectivity index (χ3v) is 3.24. The van der Waals surface area contributed by atoms with Gasteiger partial charge in [-0.1, -0.05) is 12.7 Å². The van der Waals surface area contributed by atoms with E-state index in [1.807, 2.05) is 13.8 Å². The van der Waals surface area contributed by atoms with Crippen molar-refractivity contribution < 1.29 is 13.2 Å². The molecule has 18 heavy (non-hydrogen) atoms. The van der Waals surface area contributed by atoms with E-state index in [4.69, 9.17) is 0 Å². The van der Waals surface area contributed by atoms with Gasteiger partial charge < -0.3 is 5.32 Å². The first kappa shape index (κ1) is 16.9. The molecule has 0 rings (SSSR count). The van der Waals surface area contributed by atoms with Crippen molar-refractivity contribution in [2.24, 2.45) is 0 Å². The van der Waals surface area contributed by atoms with Gasteiger partial charge in [0, 0.05) is 17.0 Å². The first-order chi connectivity index (χ1) is 8.08. The van der Waals surface area contributed by atoms with Crippen molar-refractivity contribution in [3.63, 3.8) is 0 Å². The number of sulfonamides is 1. The summed E-state index contributed by atoms with van der Waals surface area (Å²) in [5, 5.41) is 3.57. The van der Waals surface area contributed by atoms with Gasteiger partial charge in [-0.2, -0.15) is 0 Å².